The molecule has 26 heavy (non-hydrogen) atoms. The van der Waals surface area contributed by atoms with E-state index in [2.05, 4.69) is 39.4 Å². The molecule has 0 bridgehead atoms. The first kappa shape index (κ1) is 20.4. The summed E-state index contributed by atoms with van der Waals surface area (Å²) in [5, 5.41) is 2.88. The highest BCUT2D eigenvalue weighted by Crippen LogP contribution is 2.08. The molecular formula is C20H32N4O2. The van der Waals surface area contributed by atoms with E-state index in [1.165, 1.54) is 10.5 Å². The molecule has 0 radical (unpaired) electrons. The number of benzene rings is 1. The molecule has 1 aromatic rings. The van der Waals surface area contributed by atoms with Crippen molar-refractivity contribution in [3.8, 4) is 0 Å². The lowest BCUT2D eigenvalue weighted by Crippen LogP contribution is -2.51. The number of carbonyl (C=O) groups excluding carboxylic acids is 2. The molecule has 6 nitrogen and oxygen atoms in total. The molecule has 1 aliphatic heterocycles. The molecule has 1 N–H and O–H groups in total. The van der Waals surface area contributed by atoms with Gasteiger partial charge in [0.05, 0.1) is 13.1 Å². The summed E-state index contributed by atoms with van der Waals surface area (Å²) in [6, 6.07) is 10.5. The Labute approximate surface area is 157 Å². The maximum Gasteiger partial charge on any atom is 0.240 e. The first-order valence-corrected chi connectivity index (χ1v) is 9.26. The summed E-state index contributed by atoms with van der Waals surface area (Å²) in [7, 11) is 1.69. The number of nitrogens with one attached hydrogen (secondary N) is 1. The van der Waals surface area contributed by atoms with Gasteiger partial charge in [0.15, 0.2) is 0 Å². The second kappa shape index (κ2) is 9.14. The maximum absolute atomic E-state index is 12.4. The Balaban J connectivity index is 1.71. The predicted molar refractivity (Wildman–Crippen MR) is 104 cm³/mol. The molecule has 1 aromatic carbocycles. The second-order valence-corrected chi connectivity index (χ2v) is 8.09. The van der Waals surface area contributed by atoms with Crippen molar-refractivity contribution in [2.24, 2.45) is 0 Å². The van der Waals surface area contributed by atoms with Crippen molar-refractivity contribution in [3.05, 3.63) is 35.9 Å². The maximum atomic E-state index is 12.4. The molecule has 2 amide bonds. The lowest BCUT2D eigenvalue weighted by molar-refractivity contribution is -0.136. The van der Waals surface area contributed by atoms with Gasteiger partial charge >= 0.3 is 0 Å². The third-order valence-corrected chi connectivity index (χ3v) is 4.39. The molecule has 1 fully saturated rings. The van der Waals surface area contributed by atoms with Gasteiger partial charge in [-0.25, -0.2) is 0 Å². The molecule has 2 rings (SSSR count). The summed E-state index contributed by atoms with van der Waals surface area (Å²) >= 11 is 0. The number of hydrogen-bond acceptors (Lipinski definition) is 4. The van der Waals surface area contributed by atoms with Gasteiger partial charge in [0.1, 0.15) is 0 Å². The number of amides is 2. The van der Waals surface area contributed by atoms with Gasteiger partial charge in [-0.3, -0.25) is 19.4 Å². The molecule has 1 aliphatic rings. The van der Waals surface area contributed by atoms with Gasteiger partial charge in [-0.1, -0.05) is 30.3 Å². The van der Waals surface area contributed by atoms with Gasteiger partial charge in [0.25, 0.3) is 0 Å². The van der Waals surface area contributed by atoms with Crippen molar-refractivity contribution < 1.29 is 9.59 Å². The van der Waals surface area contributed by atoms with Crippen molar-refractivity contribution in [1.82, 2.24) is 20.0 Å². The van der Waals surface area contributed by atoms with E-state index in [-0.39, 0.29) is 23.9 Å². The van der Waals surface area contributed by atoms with Gasteiger partial charge < -0.3 is 10.2 Å². The van der Waals surface area contributed by atoms with Crippen LogP contribution < -0.4 is 5.32 Å². The van der Waals surface area contributed by atoms with E-state index < -0.39 is 0 Å². The Hall–Kier alpha value is -1.92. The van der Waals surface area contributed by atoms with Gasteiger partial charge in [-0.15, -0.1) is 0 Å². The molecule has 1 saturated heterocycles. The zero-order valence-electron chi connectivity index (χ0n) is 16.5. The van der Waals surface area contributed by atoms with Gasteiger partial charge in [-0.2, -0.15) is 0 Å². The van der Waals surface area contributed by atoms with Crippen LogP contribution in [0.4, 0.5) is 0 Å². The number of carbonyl (C=O) groups is 2. The van der Waals surface area contributed by atoms with Crippen LogP contribution in [-0.2, 0) is 16.1 Å². The summed E-state index contributed by atoms with van der Waals surface area (Å²) in [4.78, 5) is 30.4. The molecule has 6 heteroatoms. The van der Waals surface area contributed by atoms with Crippen LogP contribution in [0.2, 0.25) is 0 Å². The van der Waals surface area contributed by atoms with E-state index >= 15 is 0 Å². The fourth-order valence-electron chi connectivity index (χ4n) is 3.02. The van der Waals surface area contributed by atoms with E-state index in [1.807, 2.05) is 26.8 Å². The SMILES string of the molecule is CN(CC(=O)NC(C)(C)C)C(=O)CN1CCN(Cc2ccccc2)CC1. The van der Waals surface area contributed by atoms with Crippen LogP contribution in [0.25, 0.3) is 0 Å². The molecule has 0 unspecified atom stereocenters. The third-order valence-electron chi connectivity index (χ3n) is 4.39. The van der Waals surface area contributed by atoms with Crippen molar-refractivity contribution in [2.75, 3.05) is 46.3 Å². The normalized spacial score (nSPS) is 16.3. The van der Waals surface area contributed by atoms with Gasteiger partial charge in [0.2, 0.25) is 11.8 Å². The largest absolute Gasteiger partial charge is 0.350 e. The molecule has 0 aliphatic carbocycles. The minimum atomic E-state index is -0.282. The predicted octanol–water partition coefficient (Wildman–Crippen LogP) is 1.18. The van der Waals surface area contributed by atoms with Crippen LogP contribution in [0.15, 0.2) is 30.3 Å². The minimum absolute atomic E-state index is 0.00873. The molecular weight excluding hydrogens is 328 g/mol. The van der Waals surface area contributed by atoms with Gasteiger partial charge in [-0.05, 0) is 26.3 Å². The fraction of sp³-hybridized carbons (Fsp3) is 0.600. The Bertz CT molecular complexity index is 590. The summed E-state index contributed by atoms with van der Waals surface area (Å²) in [5.41, 5.74) is 1.04. The van der Waals surface area contributed by atoms with E-state index in [0.29, 0.717) is 6.54 Å². The Kier molecular flexibility index (Phi) is 7.17. The van der Waals surface area contributed by atoms with Crippen molar-refractivity contribution >= 4 is 11.8 Å². The zero-order valence-corrected chi connectivity index (χ0v) is 16.5. The van der Waals surface area contributed by atoms with Crippen LogP contribution in [0, 0.1) is 0 Å². The summed E-state index contributed by atoms with van der Waals surface area (Å²) in [5.74, 6) is -0.133. The summed E-state index contributed by atoms with van der Waals surface area (Å²) in [6.07, 6.45) is 0. The monoisotopic (exact) mass is 360 g/mol. The third kappa shape index (κ3) is 7.14. The summed E-state index contributed by atoms with van der Waals surface area (Å²) in [6.45, 7) is 10.9. The Morgan fingerprint density at radius 2 is 1.62 bits per heavy atom. The molecule has 1 heterocycles. The highest BCUT2D eigenvalue weighted by Gasteiger charge is 2.22. The second-order valence-electron chi connectivity index (χ2n) is 8.09. The van der Waals surface area contributed by atoms with Crippen LogP contribution in [0.3, 0.4) is 0 Å². The highest BCUT2D eigenvalue weighted by molar-refractivity contribution is 5.85. The lowest BCUT2D eigenvalue weighted by Gasteiger charge is -2.35. The van der Waals surface area contributed by atoms with E-state index in [4.69, 9.17) is 0 Å². The van der Waals surface area contributed by atoms with Crippen LogP contribution in [0.5, 0.6) is 0 Å². The molecule has 0 saturated carbocycles. The standard InChI is InChI=1S/C20H32N4O2/c1-20(2,3)21-18(25)15-22(4)19(26)16-24-12-10-23(11-13-24)14-17-8-6-5-7-9-17/h5-9H,10-16H2,1-4H3,(H,21,25). The quantitative estimate of drug-likeness (QED) is 0.828. The first-order valence-electron chi connectivity index (χ1n) is 9.26. The first-order chi connectivity index (χ1) is 12.2. The number of likely N-dealkylation sites (N-methyl/N-ethyl adjacent to an activating group) is 1. The van der Waals surface area contributed by atoms with Crippen molar-refractivity contribution in [2.45, 2.75) is 32.9 Å². The Morgan fingerprint density at radius 3 is 2.19 bits per heavy atom. The number of hydrogen-bond donors (Lipinski definition) is 1. The zero-order chi connectivity index (χ0) is 19.2. The smallest absolute Gasteiger partial charge is 0.240 e. The topological polar surface area (TPSA) is 55.9 Å². The minimum Gasteiger partial charge on any atom is -0.350 e. The fourth-order valence-corrected chi connectivity index (χ4v) is 3.02. The Morgan fingerprint density at radius 1 is 1.04 bits per heavy atom. The van der Waals surface area contributed by atoms with Crippen LogP contribution in [0.1, 0.15) is 26.3 Å². The number of rotatable bonds is 6. The molecule has 144 valence electrons. The average Bonchev–Trinajstić information content (AvgIpc) is 2.55. The van der Waals surface area contributed by atoms with Crippen molar-refractivity contribution in [3.63, 3.8) is 0 Å². The van der Waals surface area contributed by atoms with E-state index in [9.17, 15) is 9.59 Å². The number of piperazine rings is 1. The molecule has 0 aromatic heterocycles. The van der Waals surface area contributed by atoms with Crippen LogP contribution >= 0.6 is 0 Å². The number of nitrogens with zero attached hydrogens (tertiary/aromatic N) is 3. The van der Waals surface area contributed by atoms with Gasteiger partial charge in [0, 0.05) is 45.3 Å². The molecule has 0 atom stereocenters. The van der Waals surface area contributed by atoms with Crippen molar-refractivity contribution in [1.29, 1.82) is 0 Å². The van der Waals surface area contributed by atoms with Crippen LogP contribution in [-0.4, -0.2) is 78.4 Å². The van der Waals surface area contributed by atoms with E-state index in [1.54, 1.807) is 7.05 Å². The lowest BCUT2D eigenvalue weighted by atomic mass is 10.1. The van der Waals surface area contributed by atoms with E-state index in [0.717, 1.165) is 32.7 Å². The average molecular weight is 361 g/mol. The highest BCUT2D eigenvalue weighted by atomic mass is 16.2. The summed E-state index contributed by atoms with van der Waals surface area (Å²) < 4.78 is 0. The molecule has 0 spiro atoms.